The van der Waals surface area contributed by atoms with Crippen molar-refractivity contribution in [2.75, 3.05) is 7.05 Å². The topological polar surface area (TPSA) is 53.2 Å². The van der Waals surface area contributed by atoms with Crippen LogP contribution in [0.1, 0.15) is 15.9 Å². The zero-order valence-corrected chi connectivity index (χ0v) is 15.6. The molecule has 0 unspecified atom stereocenters. The third kappa shape index (κ3) is 3.91. The first-order chi connectivity index (χ1) is 12.5. The molecule has 1 N–H and O–H groups in total. The second-order valence-electron chi connectivity index (χ2n) is 5.88. The lowest BCUT2D eigenvalue weighted by Crippen LogP contribution is -2.31. The minimum absolute atomic E-state index is 0.0163. The molecule has 1 amide bonds. The molecule has 1 aromatic heterocycles. The van der Waals surface area contributed by atoms with Crippen molar-refractivity contribution in [3.8, 4) is 11.3 Å². The number of rotatable bonds is 4. The summed E-state index contributed by atoms with van der Waals surface area (Å²) >= 11 is 3.28. The number of carbonyl (C=O) groups is 1. The molecule has 3 aromatic rings. The summed E-state index contributed by atoms with van der Waals surface area (Å²) in [6.07, 6.45) is 0. The summed E-state index contributed by atoms with van der Waals surface area (Å²) in [7, 11) is 1.53. The van der Waals surface area contributed by atoms with Gasteiger partial charge in [-0.05, 0) is 35.9 Å². The Morgan fingerprint density at radius 1 is 1.12 bits per heavy atom. The predicted molar refractivity (Wildman–Crippen MR) is 102 cm³/mol. The number of amides is 1. The second kappa shape index (κ2) is 7.66. The zero-order valence-electron chi connectivity index (χ0n) is 14.0. The van der Waals surface area contributed by atoms with Gasteiger partial charge in [0.15, 0.2) is 0 Å². The fourth-order valence-corrected chi connectivity index (χ4v) is 3.03. The van der Waals surface area contributed by atoms with Crippen LogP contribution in [0.3, 0.4) is 0 Å². The normalized spacial score (nSPS) is 10.6. The van der Waals surface area contributed by atoms with Crippen LogP contribution in [0, 0.1) is 5.82 Å². The van der Waals surface area contributed by atoms with Crippen LogP contribution < -0.4 is 5.56 Å². The maximum absolute atomic E-state index is 13.9. The number of carbonyl (C=O) groups excluding carboxylic acids is 1. The van der Waals surface area contributed by atoms with Crippen molar-refractivity contribution in [2.24, 2.45) is 0 Å². The molecule has 0 aliphatic rings. The molecule has 4 nitrogen and oxygen atoms in total. The predicted octanol–water partition coefficient (Wildman–Crippen LogP) is 4.22. The zero-order chi connectivity index (χ0) is 18.7. The largest absolute Gasteiger partial charge is 0.337 e. The van der Waals surface area contributed by atoms with Crippen molar-refractivity contribution in [3.05, 3.63) is 92.4 Å². The highest BCUT2D eigenvalue weighted by atomic mass is 79.9. The number of hydrogen-bond donors (Lipinski definition) is 1. The van der Waals surface area contributed by atoms with Gasteiger partial charge in [0.2, 0.25) is 0 Å². The third-order valence-corrected chi connectivity index (χ3v) is 4.48. The Morgan fingerprint density at radius 3 is 2.54 bits per heavy atom. The van der Waals surface area contributed by atoms with Gasteiger partial charge in [-0.3, -0.25) is 9.59 Å². The lowest BCUT2D eigenvalue weighted by atomic mass is 10.1. The van der Waals surface area contributed by atoms with Crippen LogP contribution in [0.25, 0.3) is 11.3 Å². The molecule has 0 radical (unpaired) electrons. The van der Waals surface area contributed by atoms with E-state index in [1.165, 1.54) is 24.1 Å². The molecule has 26 heavy (non-hydrogen) atoms. The van der Waals surface area contributed by atoms with Gasteiger partial charge >= 0.3 is 0 Å². The van der Waals surface area contributed by atoms with Crippen molar-refractivity contribution >= 4 is 21.8 Å². The maximum Gasteiger partial charge on any atom is 0.261 e. The molecule has 0 saturated heterocycles. The Bertz CT molecular complexity index is 1000. The SMILES string of the molecule is CN(Cc1cc(Br)ccc1F)C(=O)c1ccc(-c2ccccc2)[nH]c1=O. The number of aromatic amines is 1. The molecule has 0 saturated carbocycles. The van der Waals surface area contributed by atoms with Crippen molar-refractivity contribution in [1.29, 1.82) is 0 Å². The minimum Gasteiger partial charge on any atom is -0.337 e. The molecule has 0 aliphatic heterocycles. The van der Waals surface area contributed by atoms with Crippen LogP contribution in [0.2, 0.25) is 0 Å². The summed E-state index contributed by atoms with van der Waals surface area (Å²) in [6.45, 7) is 0.0595. The van der Waals surface area contributed by atoms with E-state index in [9.17, 15) is 14.0 Å². The van der Waals surface area contributed by atoms with E-state index in [0.29, 0.717) is 11.3 Å². The molecule has 6 heteroatoms. The molecule has 3 rings (SSSR count). The number of nitrogens with zero attached hydrogens (tertiary/aromatic N) is 1. The van der Waals surface area contributed by atoms with Gasteiger partial charge in [0, 0.05) is 29.3 Å². The molecule has 0 aliphatic carbocycles. The standard InChI is InChI=1S/C20H16BrFN2O2/c1-24(12-14-11-15(21)7-9-17(14)22)20(26)16-8-10-18(23-19(16)25)13-5-3-2-4-6-13/h2-11H,12H2,1H3,(H,23,25). The number of H-pyrrole nitrogens is 1. The highest BCUT2D eigenvalue weighted by Gasteiger charge is 2.17. The molecule has 0 bridgehead atoms. The van der Waals surface area contributed by atoms with Crippen molar-refractivity contribution < 1.29 is 9.18 Å². The summed E-state index contributed by atoms with van der Waals surface area (Å²) in [5.41, 5.74) is 1.40. The van der Waals surface area contributed by atoms with E-state index in [4.69, 9.17) is 0 Å². The summed E-state index contributed by atoms with van der Waals surface area (Å²) < 4.78 is 14.6. The average Bonchev–Trinajstić information content (AvgIpc) is 2.64. The number of aromatic nitrogens is 1. The number of pyridine rings is 1. The number of hydrogen-bond acceptors (Lipinski definition) is 2. The number of nitrogens with one attached hydrogen (secondary N) is 1. The monoisotopic (exact) mass is 414 g/mol. The Balaban J connectivity index is 1.83. The van der Waals surface area contributed by atoms with Gasteiger partial charge in [0.25, 0.3) is 11.5 Å². The van der Waals surface area contributed by atoms with Crippen LogP contribution >= 0.6 is 15.9 Å². The van der Waals surface area contributed by atoms with E-state index in [1.807, 2.05) is 30.3 Å². The smallest absolute Gasteiger partial charge is 0.261 e. The van der Waals surface area contributed by atoms with Crippen molar-refractivity contribution in [2.45, 2.75) is 6.54 Å². The van der Waals surface area contributed by atoms with E-state index < -0.39 is 17.3 Å². The van der Waals surface area contributed by atoms with Crippen LogP contribution in [-0.2, 0) is 6.54 Å². The van der Waals surface area contributed by atoms with Gasteiger partial charge in [-0.25, -0.2) is 4.39 Å². The van der Waals surface area contributed by atoms with Gasteiger partial charge < -0.3 is 9.88 Å². The fraction of sp³-hybridized carbons (Fsp3) is 0.100. The van der Waals surface area contributed by atoms with Gasteiger partial charge in [0.05, 0.1) is 0 Å². The summed E-state index contributed by atoms with van der Waals surface area (Å²) in [4.78, 5) is 29.0. The van der Waals surface area contributed by atoms with E-state index in [0.717, 1.165) is 10.0 Å². The van der Waals surface area contributed by atoms with Gasteiger partial charge in [0.1, 0.15) is 11.4 Å². The van der Waals surface area contributed by atoms with Crippen LogP contribution in [-0.4, -0.2) is 22.8 Å². The summed E-state index contributed by atoms with van der Waals surface area (Å²) in [6, 6.07) is 17.1. The highest BCUT2D eigenvalue weighted by Crippen LogP contribution is 2.18. The first-order valence-electron chi connectivity index (χ1n) is 7.94. The summed E-state index contributed by atoms with van der Waals surface area (Å²) in [5, 5.41) is 0. The quantitative estimate of drug-likeness (QED) is 0.694. The number of benzene rings is 2. The molecular weight excluding hydrogens is 399 g/mol. The molecule has 0 spiro atoms. The van der Waals surface area contributed by atoms with Crippen molar-refractivity contribution in [3.63, 3.8) is 0 Å². The number of halogens is 2. The fourth-order valence-electron chi connectivity index (χ4n) is 2.63. The lowest BCUT2D eigenvalue weighted by Gasteiger charge is -2.17. The maximum atomic E-state index is 13.9. The Labute approximate surface area is 158 Å². The average molecular weight is 415 g/mol. The Kier molecular flexibility index (Phi) is 5.32. The third-order valence-electron chi connectivity index (χ3n) is 3.99. The lowest BCUT2D eigenvalue weighted by molar-refractivity contribution is 0.0782. The van der Waals surface area contributed by atoms with Crippen LogP contribution in [0.5, 0.6) is 0 Å². The molecule has 2 aromatic carbocycles. The van der Waals surface area contributed by atoms with Gasteiger partial charge in [-0.2, -0.15) is 0 Å². The van der Waals surface area contributed by atoms with Gasteiger partial charge in [-0.1, -0.05) is 46.3 Å². The molecular formula is C20H16BrFN2O2. The van der Waals surface area contributed by atoms with E-state index in [2.05, 4.69) is 20.9 Å². The summed E-state index contributed by atoms with van der Waals surface area (Å²) in [5.74, 6) is -0.869. The van der Waals surface area contributed by atoms with Crippen molar-refractivity contribution in [1.82, 2.24) is 9.88 Å². The molecule has 1 heterocycles. The molecule has 0 atom stereocenters. The van der Waals surface area contributed by atoms with Crippen LogP contribution in [0.4, 0.5) is 4.39 Å². The highest BCUT2D eigenvalue weighted by molar-refractivity contribution is 9.10. The van der Waals surface area contributed by atoms with E-state index >= 15 is 0 Å². The minimum atomic E-state index is -0.474. The Morgan fingerprint density at radius 2 is 1.85 bits per heavy atom. The Hall–Kier alpha value is -2.73. The first-order valence-corrected chi connectivity index (χ1v) is 8.73. The van der Waals surface area contributed by atoms with E-state index in [-0.39, 0.29) is 12.1 Å². The molecule has 0 fully saturated rings. The first kappa shape index (κ1) is 18.1. The second-order valence-corrected chi connectivity index (χ2v) is 6.79. The van der Waals surface area contributed by atoms with E-state index in [1.54, 1.807) is 18.2 Å². The van der Waals surface area contributed by atoms with Crippen LogP contribution in [0.15, 0.2) is 69.9 Å². The van der Waals surface area contributed by atoms with Gasteiger partial charge in [-0.15, -0.1) is 0 Å². The molecule has 132 valence electrons.